The minimum atomic E-state index is -0.510. The number of aliphatic hydroxyl groups is 1. The molecule has 3 aromatic rings. The van der Waals surface area contributed by atoms with Crippen LogP contribution < -0.4 is 0 Å². The van der Waals surface area contributed by atoms with Gasteiger partial charge in [-0.1, -0.05) is 18.2 Å². The van der Waals surface area contributed by atoms with Gasteiger partial charge in [0.25, 0.3) is 0 Å². The summed E-state index contributed by atoms with van der Waals surface area (Å²) in [4.78, 5) is 19.4. The lowest BCUT2D eigenvalue weighted by molar-refractivity contribution is 0.0426. The van der Waals surface area contributed by atoms with Crippen molar-refractivity contribution < 1.29 is 14.6 Å². The zero-order valence-electron chi connectivity index (χ0n) is 11.0. The third-order valence-electron chi connectivity index (χ3n) is 3.31. The number of aliphatic hydroxyl groups excluding tert-OH is 1. The average Bonchev–Trinajstić information content (AvgIpc) is 2.84. The number of nitrogens with one attached hydrogen (secondary N) is 1. The molecule has 3 rings (SSSR count). The fraction of sp³-hybridized carbons (Fsp3) is 0.200. The molecule has 0 saturated heterocycles. The number of benzene rings is 1. The zero-order valence-corrected chi connectivity index (χ0v) is 11.0. The second kappa shape index (κ2) is 4.94. The molecule has 0 bridgehead atoms. The van der Waals surface area contributed by atoms with Gasteiger partial charge in [-0.05, 0) is 18.6 Å². The Labute approximate surface area is 115 Å². The predicted molar refractivity (Wildman–Crippen MR) is 75.7 cm³/mol. The first-order valence-electron chi connectivity index (χ1n) is 6.36. The number of aromatic amines is 1. The number of ether oxygens (including phenoxy) is 1. The van der Waals surface area contributed by atoms with Crippen LogP contribution in [0.25, 0.3) is 21.8 Å². The Bertz CT molecular complexity index is 792. The Morgan fingerprint density at radius 2 is 2.15 bits per heavy atom. The van der Waals surface area contributed by atoms with E-state index < -0.39 is 5.97 Å². The Hall–Kier alpha value is -2.40. The van der Waals surface area contributed by atoms with Gasteiger partial charge in [0.2, 0.25) is 0 Å². The Morgan fingerprint density at radius 3 is 2.95 bits per heavy atom. The van der Waals surface area contributed by atoms with Crippen molar-refractivity contribution in [3.05, 3.63) is 41.7 Å². The Balaban J connectivity index is 2.19. The molecule has 0 saturated carbocycles. The SMILES string of the molecule is Cc1c(C(=O)OCCO)ncc2[nH]c3ccccc3c12. The van der Waals surface area contributed by atoms with Gasteiger partial charge in [0.05, 0.1) is 18.3 Å². The van der Waals surface area contributed by atoms with Gasteiger partial charge in [-0.25, -0.2) is 9.78 Å². The molecular weight excluding hydrogens is 256 g/mol. The molecule has 0 radical (unpaired) electrons. The van der Waals surface area contributed by atoms with E-state index in [4.69, 9.17) is 9.84 Å². The normalized spacial score (nSPS) is 11.1. The number of aromatic nitrogens is 2. The number of hydrogen-bond acceptors (Lipinski definition) is 4. The topological polar surface area (TPSA) is 75.2 Å². The third kappa shape index (κ3) is 1.92. The molecule has 102 valence electrons. The third-order valence-corrected chi connectivity index (χ3v) is 3.31. The van der Waals surface area contributed by atoms with E-state index in [-0.39, 0.29) is 18.9 Å². The molecule has 0 aliphatic heterocycles. The number of fused-ring (bicyclic) bond motifs is 3. The highest BCUT2D eigenvalue weighted by atomic mass is 16.5. The zero-order chi connectivity index (χ0) is 14.1. The summed E-state index contributed by atoms with van der Waals surface area (Å²) in [5.41, 5.74) is 2.97. The molecule has 0 atom stereocenters. The molecule has 0 spiro atoms. The number of pyridine rings is 1. The fourth-order valence-corrected chi connectivity index (χ4v) is 2.42. The Kier molecular flexibility index (Phi) is 3.12. The molecule has 0 unspecified atom stereocenters. The van der Waals surface area contributed by atoms with Gasteiger partial charge in [0.15, 0.2) is 5.69 Å². The number of H-pyrrole nitrogens is 1. The van der Waals surface area contributed by atoms with Gasteiger partial charge in [-0.3, -0.25) is 0 Å². The van der Waals surface area contributed by atoms with E-state index in [0.29, 0.717) is 0 Å². The first kappa shape index (κ1) is 12.6. The van der Waals surface area contributed by atoms with Crippen molar-refractivity contribution in [3.8, 4) is 0 Å². The van der Waals surface area contributed by atoms with E-state index in [1.807, 2.05) is 31.2 Å². The first-order chi connectivity index (χ1) is 9.72. The number of esters is 1. The highest BCUT2D eigenvalue weighted by Crippen LogP contribution is 2.28. The maximum atomic E-state index is 11.9. The van der Waals surface area contributed by atoms with Crippen LogP contribution in [0.3, 0.4) is 0 Å². The van der Waals surface area contributed by atoms with Crippen molar-refractivity contribution in [2.45, 2.75) is 6.92 Å². The van der Waals surface area contributed by atoms with Gasteiger partial charge in [0.1, 0.15) is 6.61 Å². The lowest BCUT2D eigenvalue weighted by Gasteiger charge is -2.06. The molecule has 2 aromatic heterocycles. The number of rotatable bonds is 3. The van der Waals surface area contributed by atoms with Crippen LogP contribution in [0.4, 0.5) is 0 Å². The summed E-state index contributed by atoms with van der Waals surface area (Å²) in [5, 5.41) is 10.7. The fourth-order valence-electron chi connectivity index (χ4n) is 2.42. The minimum Gasteiger partial charge on any atom is -0.459 e. The van der Waals surface area contributed by atoms with Crippen LogP contribution in [0.1, 0.15) is 16.1 Å². The van der Waals surface area contributed by atoms with E-state index >= 15 is 0 Å². The molecule has 2 heterocycles. The molecule has 0 aliphatic rings. The summed E-state index contributed by atoms with van der Waals surface area (Å²) in [6.45, 7) is 1.64. The summed E-state index contributed by atoms with van der Waals surface area (Å²) in [6, 6.07) is 7.90. The molecule has 5 nitrogen and oxygen atoms in total. The molecule has 1 aromatic carbocycles. The second-order valence-corrected chi connectivity index (χ2v) is 4.55. The van der Waals surface area contributed by atoms with Gasteiger partial charge in [0, 0.05) is 16.3 Å². The molecular formula is C15H14N2O3. The van der Waals surface area contributed by atoms with E-state index in [0.717, 1.165) is 27.4 Å². The molecule has 0 fully saturated rings. The second-order valence-electron chi connectivity index (χ2n) is 4.55. The van der Waals surface area contributed by atoms with Gasteiger partial charge in [-0.2, -0.15) is 0 Å². The Morgan fingerprint density at radius 1 is 1.35 bits per heavy atom. The molecule has 5 heteroatoms. The quantitative estimate of drug-likeness (QED) is 0.715. The van der Waals surface area contributed by atoms with Crippen LogP contribution in [0.15, 0.2) is 30.5 Å². The first-order valence-corrected chi connectivity index (χ1v) is 6.36. The number of aryl methyl sites for hydroxylation is 1. The molecule has 20 heavy (non-hydrogen) atoms. The van der Waals surface area contributed by atoms with Crippen molar-refractivity contribution in [2.75, 3.05) is 13.2 Å². The number of carbonyl (C=O) groups is 1. The van der Waals surface area contributed by atoms with Crippen molar-refractivity contribution in [3.63, 3.8) is 0 Å². The van der Waals surface area contributed by atoms with Gasteiger partial charge in [-0.15, -0.1) is 0 Å². The monoisotopic (exact) mass is 270 g/mol. The number of hydrogen-bond donors (Lipinski definition) is 2. The van der Waals surface area contributed by atoms with Crippen molar-refractivity contribution >= 4 is 27.8 Å². The lowest BCUT2D eigenvalue weighted by Crippen LogP contribution is -2.12. The predicted octanol–water partition coefficient (Wildman–Crippen LogP) is 2.17. The maximum Gasteiger partial charge on any atom is 0.357 e. The number of nitrogens with zero attached hydrogens (tertiary/aromatic N) is 1. The van der Waals surface area contributed by atoms with E-state index in [1.54, 1.807) is 6.20 Å². The summed E-state index contributed by atoms with van der Waals surface area (Å²) in [5.74, 6) is -0.510. The van der Waals surface area contributed by atoms with Crippen molar-refractivity contribution in [2.24, 2.45) is 0 Å². The molecule has 2 N–H and O–H groups in total. The molecule has 0 aliphatic carbocycles. The standard InChI is InChI=1S/C15H14N2O3/c1-9-13-10-4-2-3-5-11(10)17-12(13)8-16-14(9)15(19)20-7-6-18/h2-5,8,17-18H,6-7H2,1H3. The number of carbonyl (C=O) groups excluding carboxylic acids is 1. The lowest BCUT2D eigenvalue weighted by atomic mass is 10.1. The van der Waals surface area contributed by atoms with Crippen LogP contribution in [0, 0.1) is 6.92 Å². The molecule has 0 amide bonds. The van der Waals surface area contributed by atoms with Crippen LogP contribution in [0.5, 0.6) is 0 Å². The largest absolute Gasteiger partial charge is 0.459 e. The average molecular weight is 270 g/mol. The van der Waals surface area contributed by atoms with Crippen LogP contribution in [0.2, 0.25) is 0 Å². The minimum absolute atomic E-state index is 0.0219. The van der Waals surface area contributed by atoms with Crippen LogP contribution in [-0.2, 0) is 4.74 Å². The summed E-state index contributed by atoms with van der Waals surface area (Å²) in [7, 11) is 0. The summed E-state index contributed by atoms with van der Waals surface area (Å²) in [6.07, 6.45) is 1.64. The highest BCUT2D eigenvalue weighted by molar-refractivity contribution is 6.10. The van der Waals surface area contributed by atoms with Crippen LogP contribution >= 0.6 is 0 Å². The van der Waals surface area contributed by atoms with E-state index in [9.17, 15) is 4.79 Å². The van der Waals surface area contributed by atoms with E-state index in [1.165, 1.54) is 0 Å². The summed E-state index contributed by atoms with van der Waals surface area (Å²) >= 11 is 0. The summed E-state index contributed by atoms with van der Waals surface area (Å²) < 4.78 is 4.93. The van der Waals surface area contributed by atoms with E-state index in [2.05, 4.69) is 9.97 Å². The number of para-hydroxylation sites is 1. The van der Waals surface area contributed by atoms with Gasteiger partial charge >= 0.3 is 5.97 Å². The van der Waals surface area contributed by atoms with Crippen molar-refractivity contribution in [1.82, 2.24) is 9.97 Å². The van der Waals surface area contributed by atoms with Crippen molar-refractivity contribution in [1.29, 1.82) is 0 Å². The highest BCUT2D eigenvalue weighted by Gasteiger charge is 2.17. The van der Waals surface area contributed by atoms with Gasteiger partial charge < -0.3 is 14.8 Å². The van der Waals surface area contributed by atoms with Crippen LogP contribution in [-0.4, -0.2) is 34.3 Å². The smallest absolute Gasteiger partial charge is 0.357 e. The maximum absolute atomic E-state index is 11.9.